The molecular formula is C12H12O5. The second-order valence-corrected chi connectivity index (χ2v) is 3.36. The molecule has 0 radical (unpaired) electrons. The summed E-state index contributed by atoms with van der Waals surface area (Å²) in [6.45, 7) is 1.94. The first-order valence-corrected chi connectivity index (χ1v) is 5.13. The van der Waals surface area contributed by atoms with Gasteiger partial charge >= 0.3 is 5.97 Å². The number of hydrogen-bond donors (Lipinski definition) is 1. The van der Waals surface area contributed by atoms with Gasteiger partial charge in [-0.1, -0.05) is 0 Å². The maximum Gasteiger partial charge on any atom is 0.342 e. The van der Waals surface area contributed by atoms with E-state index >= 15 is 0 Å². The summed E-state index contributed by atoms with van der Waals surface area (Å²) in [4.78, 5) is 11.6. The second kappa shape index (κ2) is 4.37. The Morgan fingerprint density at radius 2 is 2.29 bits per heavy atom. The third-order valence-electron chi connectivity index (χ3n) is 2.39. The minimum atomic E-state index is -0.591. The number of benzene rings is 1. The number of phenols is 1. The van der Waals surface area contributed by atoms with E-state index in [0.717, 1.165) is 0 Å². The molecule has 0 unspecified atom stereocenters. The van der Waals surface area contributed by atoms with E-state index in [1.807, 2.05) is 0 Å². The van der Waals surface area contributed by atoms with Crippen LogP contribution in [0.5, 0.6) is 11.5 Å². The minimum Gasteiger partial charge on any atom is -0.506 e. The number of ether oxygens (including phenoxy) is 2. The largest absolute Gasteiger partial charge is 0.506 e. The van der Waals surface area contributed by atoms with Gasteiger partial charge in [0.1, 0.15) is 11.3 Å². The van der Waals surface area contributed by atoms with Crippen molar-refractivity contribution in [3.63, 3.8) is 0 Å². The Morgan fingerprint density at radius 3 is 2.94 bits per heavy atom. The smallest absolute Gasteiger partial charge is 0.342 e. The maximum atomic E-state index is 11.6. The molecular weight excluding hydrogens is 224 g/mol. The lowest BCUT2D eigenvalue weighted by Gasteiger charge is -2.08. The molecule has 1 aromatic heterocycles. The van der Waals surface area contributed by atoms with Gasteiger partial charge in [-0.05, 0) is 13.0 Å². The first-order chi connectivity index (χ1) is 8.19. The Hall–Kier alpha value is -2.17. The molecule has 1 aromatic carbocycles. The van der Waals surface area contributed by atoms with Gasteiger partial charge in [0.05, 0.1) is 25.4 Å². The van der Waals surface area contributed by atoms with E-state index in [1.54, 1.807) is 13.0 Å². The highest BCUT2D eigenvalue weighted by molar-refractivity contribution is 6.02. The van der Waals surface area contributed by atoms with Crippen molar-refractivity contribution in [1.82, 2.24) is 0 Å². The third-order valence-corrected chi connectivity index (χ3v) is 2.39. The van der Waals surface area contributed by atoms with Crippen molar-refractivity contribution in [3.05, 3.63) is 24.0 Å². The number of carbonyl (C=O) groups is 1. The summed E-state index contributed by atoms with van der Waals surface area (Å²) in [6, 6.07) is 2.97. The molecule has 0 fully saturated rings. The average Bonchev–Trinajstić information content (AvgIpc) is 2.79. The predicted molar refractivity (Wildman–Crippen MR) is 60.4 cm³/mol. The first-order valence-electron chi connectivity index (χ1n) is 5.13. The Morgan fingerprint density at radius 1 is 1.53 bits per heavy atom. The van der Waals surface area contributed by atoms with E-state index in [2.05, 4.69) is 0 Å². The molecule has 17 heavy (non-hydrogen) atoms. The zero-order valence-corrected chi connectivity index (χ0v) is 9.52. The fraction of sp³-hybridized carbons (Fsp3) is 0.250. The summed E-state index contributed by atoms with van der Waals surface area (Å²) in [7, 11) is 1.46. The van der Waals surface area contributed by atoms with Gasteiger partial charge in [-0.2, -0.15) is 0 Å². The van der Waals surface area contributed by atoms with Crippen LogP contribution in [0.1, 0.15) is 17.3 Å². The van der Waals surface area contributed by atoms with Crippen molar-refractivity contribution in [2.45, 2.75) is 6.92 Å². The van der Waals surface area contributed by atoms with E-state index in [9.17, 15) is 9.90 Å². The Balaban J connectivity index is 2.63. The zero-order chi connectivity index (χ0) is 12.4. The normalized spacial score (nSPS) is 10.5. The van der Waals surface area contributed by atoms with Crippen LogP contribution in [0.2, 0.25) is 0 Å². The van der Waals surface area contributed by atoms with Crippen molar-refractivity contribution in [2.24, 2.45) is 0 Å². The van der Waals surface area contributed by atoms with Gasteiger partial charge in [0.2, 0.25) is 0 Å². The molecule has 0 spiro atoms. The number of methoxy groups -OCH3 is 1. The van der Waals surface area contributed by atoms with E-state index in [0.29, 0.717) is 16.7 Å². The van der Waals surface area contributed by atoms with Gasteiger partial charge < -0.3 is 19.0 Å². The number of hydrogen-bond acceptors (Lipinski definition) is 5. The summed E-state index contributed by atoms with van der Waals surface area (Å²) in [5.74, 6) is -0.370. The molecule has 5 nitrogen and oxygen atoms in total. The number of rotatable bonds is 3. The predicted octanol–water partition coefficient (Wildman–Crippen LogP) is 2.32. The minimum absolute atomic E-state index is 0.0672. The molecule has 0 aliphatic carbocycles. The summed E-state index contributed by atoms with van der Waals surface area (Å²) >= 11 is 0. The summed E-state index contributed by atoms with van der Waals surface area (Å²) in [5, 5.41) is 10.4. The molecule has 1 heterocycles. The lowest BCUT2D eigenvalue weighted by atomic mass is 10.1. The SMILES string of the molecule is CCOC(=O)c1cc(OC)c2occc2c1O. The van der Waals surface area contributed by atoms with Crippen LogP contribution in [0.3, 0.4) is 0 Å². The van der Waals surface area contributed by atoms with Crippen LogP contribution in [0.15, 0.2) is 22.8 Å². The van der Waals surface area contributed by atoms with Crippen LogP contribution in [0.25, 0.3) is 11.0 Å². The number of carbonyl (C=O) groups excluding carboxylic acids is 1. The zero-order valence-electron chi connectivity index (χ0n) is 9.52. The topological polar surface area (TPSA) is 68.9 Å². The Bertz CT molecular complexity index is 555. The highest BCUT2D eigenvalue weighted by atomic mass is 16.5. The van der Waals surface area contributed by atoms with E-state index in [4.69, 9.17) is 13.9 Å². The average molecular weight is 236 g/mol. The molecule has 90 valence electrons. The van der Waals surface area contributed by atoms with Crippen molar-refractivity contribution < 1.29 is 23.8 Å². The fourth-order valence-corrected chi connectivity index (χ4v) is 1.61. The lowest BCUT2D eigenvalue weighted by molar-refractivity contribution is 0.0523. The van der Waals surface area contributed by atoms with Crippen molar-refractivity contribution in [1.29, 1.82) is 0 Å². The van der Waals surface area contributed by atoms with Crippen LogP contribution >= 0.6 is 0 Å². The molecule has 0 saturated carbocycles. The summed E-state index contributed by atoms with van der Waals surface area (Å²) < 4.78 is 15.1. The van der Waals surface area contributed by atoms with Gasteiger partial charge in [-0.15, -0.1) is 0 Å². The van der Waals surface area contributed by atoms with Gasteiger partial charge in [0.25, 0.3) is 0 Å². The number of phenolic OH excluding ortho intramolecular Hbond substituents is 1. The highest BCUT2D eigenvalue weighted by Gasteiger charge is 2.20. The van der Waals surface area contributed by atoms with Gasteiger partial charge in [0, 0.05) is 6.07 Å². The first kappa shape index (κ1) is 11.3. The van der Waals surface area contributed by atoms with Crippen LogP contribution in [0.4, 0.5) is 0 Å². The summed E-state index contributed by atoms with van der Waals surface area (Å²) in [6.07, 6.45) is 1.42. The molecule has 1 N–H and O–H groups in total. The van der Waals surface area contributed by atoms with Gasteiger partial charge in [0.15, 0.2) is 11.3 Å². The lowest BCUT2D eigenvalue weighted by Crippen LogP contribution is -2.05. The molecule has 0 saturated heterocycles. The number of fused-ring (bicyclic) bond motifs is 1. The molecule has 2 rings (SSSR count). The standard InChI is InChI=1S/C12H12O5/c1-3-16-12(14)8-6-9(15-2)11-7(10(8)13)4-5-17-11/h4-6,13H,3H2,1-2H3. The van der Waals surface area contributed by atoms with Crippen molar-refractivity contribution in [3.8, 4) is 11.5 Å². The monoisotopic (exact) mass is 236 g/mol. The Kier molecular flexibility index (Phi) is 2.91. The number of esters is 1. The number of furan rings is 1. The van der Waals surface area contributed by atoms with Gasteiger partial charge in [-0.3, -0.25) is 0 Å². The highest BCUT2D eigenvalue weighted by Crippen LogP contribution is 2.36. The van der Waals surface area contributed by atoms with Gasteiger partial charge in [-0.25, -0.2) is 4.79 Å². The molecule has 2 aromatic rings. The second-order valence-electron chi connectivity index (χ2n) is 3.36. The van der Waals surface area contributed by atoms with Crippen LogP contribution in [0, 0.1) is 0 Å². The summed E-state index contributed by atoms with van der Waals surface area (Å²) in [5.41, 5.74) is 0.468. The van der Waals surface area contributed by atoms with Crippen molar-refractivity contribution >= 4 is 16.9 Å². The van der Waals surface area contributed by atoms with Crippen LogP contribution < -0.4 is 4.74 Å². The van der Waals surface area contributed by atoms with E-state index < -0.39 is 5.97 Å². The quantitative estimate of drug-likeness (QED) is 0.828. The molecule has 0 atom stereocenters. The molecule has 0 amide bonds. The van der Waals surface area contributed by atoms with E-state index in [-0.39, 0.29) is 17.9 Å². The number of aromatic hydroxyl groups is 1. The third kappa shape index (κ3) is 1.80. The molecule has 0 aliphatic rings. The molecule has 5 heteroatoms. The fourth-order valence-electron chi connectivity index (χ4n) is 1.61. The molecule has 0 bridgehead atoms. The van der Waals surface area contributed by atoms with E-state index in [1.165, 1.54) is 19.4 Å². The van der Waals surface area contributed by atoms with Crippen LogP contribution in [-0.4, -0.2) is 24.8 Å². The van der Waals surface area contributed by atoms with Crippen molar-refractivity contribution in [2.75, 3.05) is 13.7 Å². The molecule has 0 aliphatic heterocycles. The Labute approximate surface area is 97.6 Å². The maximum absolute atomic E-state index is 11.6. The van der Waals surface area contributed by atoms with Crippen LogP contribution in [-0.2, 0) is 4.74 Å².